The zero-order chi connectivity index (χ0) is 42.6. The van der Waals surface area contributed by atoms with Crippen LogP contribution in [-0.2, 0) is 16.1 Å². The lowest BCUT2D eigenvalue weighted by Crippen LogP contribution is -2.49. The number of carbonyl (C=O) groups is 3. The standard InChI is InChI=1S/C44H51N9O4S.C2H7N/c45-42-40-41(32-9-11-37(12-10-32)57-36-7-2-1-3-8-36)48-53(43(40)47-31-46-42)34-15-18-50(19-16-34)22-25-51-23-20-49(21-24-51)17-5-27-58-38-13-14-39-33(28-38)29-52(44(39)56)35(30-55)6-4-26-54;1-3-2/h1-3,7-14,26,28,30-31,34-35H,4-6,15-25,27,29H2,(H2,45,46,47);3H,1-2H3. The molecule has 5 heterocycles. The van der Waals surface area contributed by atoms with Crippen LogP contribution in [0.4, 0.5) is 5.82 Å². The lowest BCUT2D eigenvalue weighted by molar-refractivity contribution is -0.112. The third-order valence-electron chi connectivity index (χ3n) is 11.7. The molecule has 1 atom stereocenters. The van der Waals surface area contributed by atoms with E-state index < -0.39 is 6.04 Å². The van der Waals surface area contributed by atoms with Crippen molar-refractivity contribution in [3.63, 3.8) is 0 Å². The number of nitrogens with zero attached hydrogens (tertiary/aromatic N) is 8. The first-order chi connectivity index (χ1) is 29.9. The van der Waals surface area contributed by atoms with Crippen molar-refractivity contribution < 1.29 is 19.1 Å². The molecule has 1 amide bonds. The minimum absolute atomic E-state index is 0.122. The first-order valence-electron chi connectivity index (χ1n) is 21.4. The van der Waals surface area contributed by atoms with E-state index in [2.05, 4.69) is 40.7 Å². The molecule has 0 radical (unpaired) electrons. The number of amides is 1. The largest absolute Gasteiger partial charge is 0.457 e. The monoisotopic (exact) mass is 846 g/mol. The van der Waals surface area contributed by atoms with Crippen LogP contribution in [0.5, 0.6) is 11.5 Å². The van der Waals surface area contributed by atoms with E-state index in [0.717, 1.165) is 141 Å². The maximum absolute atomic E-state index is 12.9. The molecule has 0 bridgehead atoms. The molecule has 0 saturated carbocycles. The number of carbonyl (C=O) groups excluding carboxylic acids is 3. The van der Waals surface area contributed by atoms with Crippen LogP contribution in [0.25, 0.3) is 22.3 Å². The Kier molecular flexibility index (Phi) is 15.5. The Morgan fingerprint density at radius 3 is 2.23 bits per heavy atom. The second-order valence-electron chi connectivity index (χ2n) is 15.8. The Balaban J connectivity index is 0.00000182. The summed E-state index contributed by atoms with van der Waals surface area (Å²) in [5, 5.41) is 8.66. The fourth-order valence-electron chi connectivity index (χ4n) is 8.36. The number of rotatable bonds is 17. The van der Waals surface area contributed by atoms with Crippen LogP contribution < -0.4 is 15.8 Å². The van der Waals surface area contributed by atoms with E-state index in [1.54, 1.807) is 4.90 Å². The fourth-order valence-corrected chi connectivity index (χ4v) is 9.25. The summed E-state index contributed by atoms with van der Waals surface area (Å²) < 4.78 is 8.09. The van der Waals surface area contributed by atoms with E-state index in [1.807, 2.05) is 92.6 Å². The van der Waals surface area contributed by atoms with Gasteiger partial charge >= 0.3 is 0 Å². The van der Waals surface area contributed by atoms with Crippen molar-refractivity contribution in [2.45, 2.75) is 55.6 Å². The van der Waals surface area contributed by atoms with E-state index >= 15 is 0 Å². The van der Waals surface area contributed by atoms with Crippen LogP contribution in [0.1, 0.15) is 54.1 Å². The number of piperidine rings is 1. The SMILES string of the molecule is CNC.Nc1ncnc2c1c(-c1ccc(Oc3ccccc3)cc1)nn2C1CCN(CCN2CCN(CCCSc3ccc4c(c3)CN(C(C=O)CCC=O)C4=O)CC2)CC1. The average molecular weight is 847 g/mol. The summed E-state index contributed by atoms with van der Waals surface area (Å²) in [7, 11) is 3.75. The third-order valence-corrected chi connectivity index (χ3v) is 12.7. The van der Waals surface area contributed by atoms with Gasteiger partial charge in [-0.3, -0.25) is 9.69 Å². The Morgan fingerprint density at radius 2 is 1.54 bits per heavy atom. The van der Waals surface area contributed by atoms with Gasteiger partial charge in [0, 0.05) is 81.3 Å². The number of para-hydroxylation sites is 1. The van der Waals surface area contributed by atoms with E-state index in [0.29, 0.717) is 24.3 Å². The maximum Gasteiger partial charge on any atom is 0.255 e. The third kappa shape index (κ3) is 11.0. The minimum Gasteiger partial charge on any atom is -0.457 e. The molecular formula is C46H58N10O4S. The number of nitrogens with one attached hydrogen (secondary N) is 1. The minimum atomic E-state index is -0.557. The van der Waals surface area contributed by atoms with Crippen molar-refractivity contribution in [2.75, 3.05) is 84.5 Å². The zero-order valence-electron chi connectivity index (χ0n) is 35.3. The molecule has 61 heavy (non-hydrogen) atoms. The van der Waals surface area contributed by atoms with Crippen LogP contribution in [0.15, 0.2) is 84.0 Å². The van der Waals surface area contributed by atoms with Gasteiger partial charge < -0.3 is 40.1 Å². The molecule has 8 rings (SSSR count). The molecule has 0 spiro atoms. The summed E-state index contributed by atoms with van der Waals surface area (Å²) in [4.78, 5) is 54.8. The summed E-state index contributed by atoms with van der Waals surface area (Å²) >= 11 is 1.82. The molecule has 1 unspecified atom stereocenters. The highest BCUT2D eigenvalue weighted by atomic mass is 32.2. The highest BCUT2D eigenvalue weighted by molar-refractivity contribution is 7.99. The van der Waals surface area contributed by atoms with Gasteiger partial charge in [-0.2, -0.15) is 5.10 Å². The predicted molar refractivity (Wildman–Crippen MR) is 241 cm³/mol. The van der Waals surface area contributed by atoms with Gasteiger partial charge in [-0.15, -0.1) is 11.8 Å². The number of nitrogens with two attached hydrogens (primary N) is 1. The molecule has 0 aliphatic carbocycles. The highest BCUT2D eigenvalue weighted by Gasteiger charge is 2.33. The van der Waals surface area contributed by atoms with Crippen molar-refractivity contribution in [1.82, 2.24) is 44.7 Å². The van der Waals surface area contributed by atoms with Gasteiger partial charge in [0.1, 0.15) is 41.9 Å². The normalized spacial score (nSPS) is 16.9. The first-order valence-corrected chi connectivity index (χ1v) is 22.4. The number of benzene rings is 3. The Hall–Kier alpha value is -5.19. The lowest BCUT2D eigenvalue weighted by Gasteiger charge is -2.37. The summed E-state index contributed by atoms with van der Waals surface area (Å²) in [6, 6.07) is 23.4. The van der Waals surface area contributed by atoms with Crippen molar-refractivity contribution in [2.24, 2.45) is 0 Å². The van der Waals surface area contributed by atoms with Gasteiger partial charge in [0.15, 0.2) is 5.65 Å². The molecule has 2 aromatic heterocycles. The molecule has 3 aliphatic heterocycles. The number of nitrogen functional groups attached to an aromatic ring is 1. The summed E-state index contributed by atoms with van der Waals surface area (Å²) in [6.07, 6.45) is 6.85. The molecule has 2 fully saturated rings. The smallest absolute Gasteiger partial charge is 0.255 e. The van der Waals surface area contributed by atoms with E-state index in [-0.39, 0.29) is 18.4 Å². The van der Waals surface area contributed by atoms with Gasteiger partial charge in [0.25, 0.3) is 5.91 Å². The van der Waals surface area contributed by atoms with Crippen LogP contribution in [0.3, 0.4) is 0 Å². The summed E-state index contributed by atoms with van der Waals surface area (Å²) in [6.45, 7) is 10.1. The summed E-state index contributed by atoms with van der Waals surface area (Å²) in [5.74, 6) is 2.88. The molecular weight excluding hydrogens is 789 g/mol. The molecule has 322 valence electrons. The van der Waals surface area contributed by atoms with Crippen LogP contribution >= 0.6 is 11.8 Å². The molecule has 5 aromatic rings. The van der Waals surface area contributed by atoms with Gasteiger partial charge in [-0.25, -0.2) is 14.6 Å². The number of aldehydes is 2. The quantitative estimate of drug-likeness (QED) is 0.0675. The molecule has 3 aliphatic rings. The number of hydrogen-bond acceptors (Lipinski definition) is 13. The van der Waals surface area contributed by atoms with Crippen LogP contribution in [-0.4, -0.2) is 143 Å². The molecule has 2 saturated heterocycles. The molecule has 3 N–H and O–H groups in total. The number of fused-ring (bicyclic) bond motifs is 2. The lowest BCUT2D eigenvalue weighted by atomic mass is 10.1. The number of hydrogen-bond donors (Lipinski definition) is 2. The molecule has 3 aromatic carbocycles. The van der Waals surface area contributed by atoms with Crippen molar-refractivity contribution in [3.8, 4) is 22.8 Å². The zero-order valence-corrected chi connectivity index (χ0v) is 36.1. The Labute approximate surface area is 362 Å². The van der Waals surface area contributed by atoms with Gasteiger partial charge in [-0.05, 0) is 112 Å². The van der Waals surface area contributed by atoms with Crippen molar-refractivity contribution in [3.05, 3.63) is 90.3 Å². The number of thioether (sulfide) groups is 1. The van der Waals surface area contributed by atoms with Gasteiger partial charge in [-0.1, -0.05) is 18.2 Å². The maximum atomic E-state index is 12.9. The van der Waals surface area contributed by atoms with E-state index in [1.165, 1.54) is 6.33 Å². The number of ether oxygens (including phenoxy) is 1. The number of likely N-dealkylation sites (tertiary alicyclic amines) is 1. The van der Waals surface area contributed by atoms with Gasteiger partial charge in [0.05, 0.1) is 17.5 Å². The van der Waals surface area contributed by atoms with Crippen molar-refractivity contribution >= 4 is 47.1 Å². The predicted octanol–water partition coefficient (Wildman–Crippen LogP) is 5.64. The summed E-state index contributed by atoms with van der Waals surface area (Å²) in [5.41, 5.74) is 10.6. The van der Waals surface area contributed by atoms with Crippen LogP contribution in [0, 0.1) is 0 Å². The second kappa shape index (κ2) is 21.6. The first kappa shape index (κ1) is 43.9. The van der Waals surface area contributed by atoms with Crippen LogP contribution in [0.2, 0.25) is 0 Å². The fraction of sp³-hybridized carbons (Fsp3) is 0.435. The average Bonchev–Trinajstić information content (AvgIpc) is 3.84. The highest BCUT2D eigenvalue weighted by Crippen LogP contribution is 2.35. The Bertz CT molecular complexity index is 2210. The van der Waals surface area contributed by atoms with Gasteiger partial charge in [0.2, 0.25) is 0 Å². The van der Waals surface area contributed by atoms with E-state index in [4.69, 9.17) is 15.6 Å². The van der Waals surface area contributed by atoms with E-state index in [9.17, 15) is 14.4 Å². The topological polar surface area (TPSA) is 155 Å². The second-order valence-corrected chi connectivity index (χ2v) is 17.0. The molecule has 15 heteroatoms. The number of piperazine rings is 1. The number of aromatic nitrogens is 4. The number of anilines is 1. The Morgan fingerprint density at radius 1 is 0.869 bits per heavy atom. The molecule has 14 nitrogen and oxygen atoms in total. The van der Waals surface area contributed by atoms with Crippen molar-refractivity contribution in [1.29, 1.82) is 0 Å².